The zero-order valence-electron chi connectivity index (χ0n) is 20.7. The molecule has 8 atom stereocenters. The zero-order valence-corrected chi connectivity index (χ0v) is 20.7. The maximum absolute atomic E-state index is 11.4. The third-order valence-electron chi connectivity index (χ3n) is 10.9. The fraction of sp³-hybridized carbons (Fsp3) is 0.929. The van der Waals surface area contributed by atoms with Gasteiger partial charge in [-0.3, -0.25) is 0 Å². The molecule has 0 radical (unpaired) electrons. The van der Waals surface area contributed by atoms with Crippen molar-refractivity contribution in [2.24, 2.45) is 51.5 Å². The second kappa shape index (κ2) is 8.36. The van der Waals surface area contributed by atoms with Crippen LogP contribution in [0.25, 0.3) is 0 Å². The molecule has 0 aliphatic heterocycles. The number of fused-ring (bicyclic) bond motifs is 5. The molecular weight excluding hydrogens is 366 g/mol. The van der Waals surface area contributed by atoms with E-state index in [0.29, 0.717) is 10.8 Å². The molecule has 4 rings (SSSR count). The molecule has 0 bridgehead atoms. The Bertz CT molecular complexity index is 680. The largest absolute Gasteiger partial charge is 0.150 e. The van der Waals surface area contributed by atoms with Gasteiger partial charge in [-0.2, -0.15) is 4.91 Å². The lowest BCUT2D eigenvalue weighted by molar-refractivity contribution is -0.0603. The molecule has 4 aliphatic carbocycles. The molecule has 0 saturated heterocycles. The summed E-state index contributed by atoms with van der Waals surface area (Å²) in [5.41, 5.74) is 3.90. The SMILES string of the molecule is CC1=C2CC[C@H]3[C@@H]4CC[C@H]([C@H](C)CCCC(C)C)[C@@]4(C)CC[C@@H]3[C@@]2(C)CCC1N=O. The summed E-state index contributed by atoms with van der Waals surface area (Å²) in [4.78, 5) is 11.4. The van der Waals surface area contributed by atoms with Crippen LogP contribution in [0.15, 0.2) is 16.3 Å². The van der Waals surface area contributed by atoms with E-state index in [4.69, 9.17) is 0 Å². The molecule has 2 heteroatoms. The van der Waals surface area contributed by atoms with Crippen molar-refractivity contribution in [1.82, 2.24) is 0 Å². The lowest BCUT2D eigenvalue weighted by Gasteiger charge is -2.59. The van der Waals surface area contributed by atoms with Crippen LogP contribution in [0.1, 0.15) is 112 Å². The van der Waals surface area contributed by atoms with Crippen molar-refractivity contribution in [3.63, 3.8) is 0 Å². The van der Waals surface area contributed by atoms with E-state index < -0.39 is 0 Å². The first kappa shape index (κ1) is 22.5. The molecule has 0 aromatic carbocycles. The highest BCUT2D eigenvalue weighted by molar-refractivity contribution is 5.32. The molecule has 0 aromatic heterocycles. The predicted molar refractivity (Wildman–Crippen MR) is 127 cm³/mol. The third kappa shape index (κ3) is 3.53. The van der Waals surface area contributed by atoms with Crippen LogP contribution in [-0.4, -0.2) is 6.04 Å². The monoisotopic (exact) mass is 413 g/mol. The molecule has 30 heavy (non-hydrogen) atoms. The molecule has 0 heterocycles. The van der Waals surface area contributed by atoms with Crippen molar-refractivity contribution in [2.75, 3.05) is 0 Å². The van der Waals surface area contributed by atoms with Gasteiger partial charge in [-0.1, -0.05) is 64.6 Å². The molecule has 3 fully saturated rings. The third-order valence-corrected chi connectivity index (χ3v) is 10.9. The lowest BCUT2D eigenvalue weighted by atomic mass is 9.46. The summed E-state index contributed by atoms with van der Waals surface area (Å²) >= 11 is 0. The minimum Gasteiger partial charge on any atom is -0.150 e. The van der Waals surface area contributed by atoms with Crippen molar-refractivity contribution >= 4 is 0 Å². The summed E-state index contributed by atoms with van der Waals surface area (Å²) in [5, 5.41) is 3.48. The van der Waals surface area contributed by atoms with Gasteiger partial charge in [0.15, 0.2) is 0 Å². The van der Waals surface area contributed by atoms with Crippen molar-refractivity contribution in [3.8, 4) is 0 Å². The highest BCUT2D eigenvalue weighted by Gasteiger charge is 2.59. The van der Waals surface area contributed by atoms with E-state index in [0.717, 1.165) is 41.9 Å². The minimum absolute atomic E-state index is 0.0407. The quantitative estimate of drug-likeness (QED) is 0.317. The van der Waals surface area contributed by atoms with Crippen molar-refractivity contribution in [2.45, 2.75) is 118 Å². The predicted octanol–water partition coefficient (Wildman–Crippen LogP) is 8.55. The van der Waals surface area contributed by atoms with Crippen LogP contribution in [0.5, 0.6) is 0 Å². The van der Waals surface area contributed by atoms with E-state index >= 15 is 0 Å². The number of nitrogens with zero attached hydrogens (tertiary/aromatic N) is 1. The fourth-order valence-corrected chi connectivity index (χ4v) is 9.30. The number of nitroso groups, excluding NO2 is 1. The van der Waals surface area contributed by atoms with Gasteiger partial charge in [0, 0.05) is 0 Å². The lowest BCUT2D eigenvalue weighted by Crippen LogP contribution is -2.51. The maximum atomic E-state index is 11.4. The Balaban J connectivity index is 1.51. The molecule has 0 N–H and O–H groups in total. The van der Waals surface area contributed by atoms with Crippen molar-refractivity contribution in [3.05, 3.63) is 16.1 Å². The van der Waals surface area contributed by atoms with Crippen LogP contribution in [0.3, 0.4) is 0 Å². The fourth-order valence-electron chi connectivity index (χ4n) is 9.30. The summed E-state index contributed by atoms with van der Waals surface area (Å²) in [6, 6.07) is -0.0407. The second-order valence-corrected chi connectivity index (χ2v) is 12.7. The Morgan fingerprint density at radius 2 is 1.73 bits per heavy atom. The minimum atomic E-state index is -0.0407. The van der Waals surface area contributed by atoms with E-state index in [2.05, 4.69) is 46.7 Å². The smallest absolute Gasteiger partial charge is 0.113 e. The second-order valence-electron chi connectivity index (χ2n) is 12.7. The number of allylic oxidation sites excluding steroid dienone is 1. The summed E-state index contributed by atoms with van der Waals surface area (Å²) in [7, 11) is 0. The zero-order chi connectivity index (χ0) is 21.7. The van der Waals surface area contributed by atoms with Crippen LogP contribution < -0.4 is 0 Å². The van der Waals surface area contributed by atoms with Crippen LogP contribution in [0.4, 0.5) is 0 Å². The Morgan fingerprint density at radius 3 is 2.43 bits per heavy atom. The van der Waals surface area contributed by atoms with Crippen molar-refractivity contribution < 1.29 is 0 Å². The van der Waals surface area contributed by atoms with Gasteiger partial charge in [0.05, 0.1) is 0 Å². The molecular formula is C28H47NO. The Labute approximate surface area is 186 Å². The van der Waals surface area contributed by atoms with E-state index in [-0.39, 0.29) is 6.04 Å². The molecule has 3 saturated carbocycles. The topological polar surface area (TPSA) is 29.4 Å². The van der Waals surface area contributed by atoms with Crippen molar-refractivity contribution in [1.29, 1.82) is 0 Å². The van der Waals surface area contributed by atoms with Crippen LogP contribution in [-0.2, 0) is 0 Å². The maximum Gasteiger partial charge on any atom is 0.113 e. The summed E-state index contributed by atoms with van der Waals surface area (Å²) < 4.78 is 0. The van der Waals surface area contributed by atoms with Gasteiger partial charge in [0.2, 0.25) is 0 Å². The summed E-state index contributed by atoms with van der Waals surface area (Å²) in [6.07, 6.45) is 14.8. The molecule has 2 nitrogen and oxygen atoms in total. The normalized spacial score (nSPS) is 44.4. The van der Waals surface area contributed by atoms with Crippen LogP contribution in [0, 0.1) is 51.2 Å². The summed E-state index contributed by atoms with van der Waals surface area (Å²) in [5.74, 6) is 5.38. The number of hydrogen-bond donors (Lipinski definition) is 0. The van der Waals surface area contributed by atoms with E-state index in [1.165, 1.54) is 69.8 Å². The van der Waals surface area contributed by atoms with Gasteiger partial charge in [-0.05, 0) is 110 Å². The molecule has 1 unspecified atom stereocenters. The van der Waals surface area contributed by atoms with E-state index in [9.17, 15) is 4.91 Å². The van der Waals surface area contributed by atoms with E-state index in [1.54, 1.807) is 5.57 Å². The van der Waals surface area contributed by atoms with Crippen LogP contribution in [0.2, 0.25) is 0 Å². The molecule has 4 aliphatic rings. The Morgan fingerprint density at radius 1 is 0.967 bits per heavy atom. The van der Waals surface area contributed by atoms with Gasteiger partial charge in [0.25, 0.3) is 0 Å². The van der Waals surface area contributed by atoms with E-state index in [1.807, 2.05) is 0 Å². The average Bonchev–Trinajstić information content (AvgIpc) is 3.05. The molecule has 170 valence electrons. The van der Waals surface area contributed by atoms with Gasteiger partial charge >= 0.3 is 0 Å². The highest BCUT2D eigenvalue weighted by Crippen LogP contribution is 2.68. The first-order valence-electron chi connectivity index (χ1n) is 13.2. The van der Waals surface area contributed by atoms with Crippen LogP contribution >= 0.6 is 0 Å². The van der Waals surface area contributed by atoms with Gasteiger partial charge < -0.3 is 0 Å². The Kier molecular flexibility index (Phi) is 6.28. The van der Waals surface area contributed by atoms with Gasteiger partial charge in [-0.25, -0.2) is 0 Å². The molecule has 0 spiro atoms. The first-order valence-corrected chi connectivity index (χ1v) is 13.2. The summed E-state index contributed by atoms with van der Waals surface area (Å²) in [6.45, 7) is 14.8. The number of hydrogen-bond acceptors (Lipinski definition) is 2. The Hall–Kier alpha value is -0.660. The average molecular weight is 414 g/mol. The molecule has 0 aromatic rings. The van der Waals surface area contributed by atoms with Gasteiger partial charge in [0.1, 0.15) is 6.04 Å². The highest BCUT2D eigenvalue weighted by atomic mass is 16.3. The van der Waals surface area contributed by atoms with Gasteiger partial charge in [-0.15, -0.1) is 0 Å². The first-order chi connectivity index (χ1) is 14.2. The molecule has 0 amide bonds. The standard InChI is InChI=1S/C28H47NO/c1-18(2)8-7-9-19(3)22-12-13-24-21-10-11-23-20(4)26(29-30)15-17-28(23,6)25(21)14-16-27(22,24)5/h18-19,21-22,24-26H,7-17H2,1-6H3/t19-,21+,22-,24+,25+,26?,27-,28+/m1/s1. The number of rotatable bonds is 6.